The molecule has 2 aromatic rings. The van der Waals surface area contributed by atoms with Crippen molar-refractivity contribution in [1.29, 1.82) is 0 Å². The third kappa shape index (κ3) is 2.47. The van der Waals surface area contributed by atoms with Crippen LogP contribution in [0.3, 0.4) is 0 Å². The molecular weight excluding hydrogens is 312 g/mol. The minimum Gasteiger partial charge on any atom is -0.224 e. The molecule has 0 saturated carbocycles. The van der Waals surface area contributed by atoms with E-state index in [4.69, 9.17) is 0 Å². The van der Waals surface area contributed by atoms with E-state index in [-0.39, 0.29) is 0 Å². The van der Waals surface area contributed by atoms with Crippen molar-refractivity contribution in [3.63, 3.8) is 0 Å². The van der Waals surface area contributed by atoms with Crippen molar-refractivity contribution in [1.82, 2.24) is 9.36 Å². The van der Waals surface area contributed by atoms with Gasteiger partial charge in [-0.25, -0.2) is 13.4 Å². The summed E-state index contributed by atoms with van der Waals surface area (Å²) >= 11 is 4.43. The molecule has 2 rings (SSSR count). The molecule has 84 valence electrons. The number of sulfone groups is 1. The van der Waals surface area contributed by atoms with Gasteiger partial charge in [0.2, 0.25) is 4.73 Å². The summed E-state index contributed by atoms with van der Waals surface area (Å²) in [4.78, 5) is 4.45. The van der Waals surface area contributed by atoms with Crippen molar-refractivity contribution in [2.45, 2.75) is 4.90 Å². The van der Waals surface area contributed by atoms with E-state index in [0.717, 1.165) is 10.6 Å². The lowest BCUT2D eigenvalue weighted by atomic mass is 10.2. The highest BCUT2D eigenvalue weighted by Gasteiger charge is 2.08. The zero-order valence-corrected chi connectivity index (χ0v) is 11.4. The van der Waals surface area contributed by atoms with Gasteiger partial charge >= 0.3 is 0 Å². The van der Waals surface area contributed by atoms with Crippen LogP contribution in [0.4, 0.5) is 0 Å². The van der Waals surface area contributed by atoms with Gasteiger partial charge in [0.25, 0.3) is 0 Å². The average Bonchev–Trinajstić information content (AvgIpc) is 2.64. The van der Waals surface area contributed by atoms with Crippen LogP contribution in [0.1, 0.15) is 0 Å². The molecule has 16 heavy (non-hydrogen) atoms. The van der Waals surface area contributed by atoms with Crippen LogP contribution in [-0.4, -0.2) is 24.0 Å². The molecule has 0 saturated heterocycles. The van der Waals surface area contributed by atoms with E-state index in [2.05, 4.69) is 25.3 Å². The molecule has 4 nitrogen and oxygen atoms in total. The second kappa shape index (κ2) is 4.23. The Labute approximate surface area is 106 Å². The van der Waals surface area contributed by atoms with Crippen LogP contribution in [0.5, 0.6) is 0 Å². The first-order valence-electron chi connectivity index (χ1n) is 4.26. The lowest BCUT2D eigenvalue weighted by Gasteiger charge is -1.99. The number of halogens is 1. The molecular formula is C9H7BrN2O2S2. The summed E-state index contributed by atoms with van der Waals surface area (Å²) in [6.45, 7) is 0. The SMILES string of the molecule is CS(=O)(=O)c1ccc(-c2nc(Br)ns2)cc1. The Bertz CT molecular complexity index is 605. The van der Waals surface area contributed by atoms with E-state index in [1.165, 1.54) is 17.8 Å². The molecule has 1 aromatic heterocycles. The molecule has 0 amide bonds. The summed E-state index contributed by atoms with van der Waals surface area (Å²) in [6, 6.07) is 6.59. The first-order chi connectivity index (χ1) is 7.47. The molecule has 0 radical (unpaired) electrons. The first kappa shape index (κ1) is 11.7. The fourth-order valence-electron chi connectivity index (χ4n) is 1.17. The standard InChI is InChI=1S/C9H7BrN2O2S2/c1-16(13,14)7-4-2-6(3-5-7)8-11-9(10)12-15-8/h2-5H,1H3. The molecule has 0 aliphatic rings. The lowest BCUT2D eigenvalue weighted by molar-refractivity contribution is 0.602. The van der Waals surface area contributed by atoms with E-state index in [1.807, 2.05) is 0 Å². The molecule has 0 bridgehead atoms. The van der Waals surface area contributed by atoms with Gasteiger partial charge in [-0.3, -0.25) is 0 Å². The van der Waals surface area contributed by atoms with E-state index < -0.39 is 9.84 Å². The van der Waals surface area contributed by atoms with Crippen molar-refractivity contribution >= 4 is 37.3 Å². The molecule has 1 aromatic carbocycles. The molecule has 0 aliphatic carbocycles. The van der Waals surface area contributed by atoms with Crippen LogP contribution in [0.15, 0.2) is 33.9 Å². The predicted octanol–water partition coefficient (Wildman–Crippen LogP) is 2.37. The maximum atomic E-state index is 11.3. The van der Waals surface area contributed by atoms with Gasteiger partial charge in [0.1, 0.15) is 5.01 Å². The normalized spacial score (nSPS) is 11.6. The van der Waals surface area contributed by atoms with Gasteiger partial charge in [-0.15, -0.1) is 0 Å². The number of benzene rings is 1. The number of hydrogen-bond acceptors (Lipinski definition) is 5. The summed E-state index contributed by atoms with van der Waals surface area (Å²) in [7, 11) is -3.14. The van der Waals surface area contributed by atoms with Crippen molar-refractivity contribution in [3.8, 4) is 10.6 Å². The molecule has 0 fully saturated rings. The lowest BCUT2D eigenvalue weighted by Crippen LogP contribution is -1.96. The van der Waals surface area contributed by atoms with E-state index in [0.29, 0.717) is 9.63 Å². The second-order valence-electron chi connectivity index (χ2n) is 3.17. The fraction of sp³-hybridized carbons (Fsp3) is 0.111. The minimum atomic E-state index is -3.14. The molecule has 0 unspecified atom stereocenters. The zero-order valence-electron chi connectivity index (χ0n) is 8.21. The van der Waals surface area contributed by atoms with Gasteiger partial charge in [0.05, 0.1) is 4.90 Å². The Morgan fingerprint density at radius 2 is 1.88 bits per heavy atom. The van der Waals surface area contributed by atoms with Crippen LogP contribution >= 0.6 is 27.5 Å². The van der Waals surface area contributed by atoms with E-state index >= 15 is 0 Å². The molecule has 0 aliphatic heterocycles. The average molecular weight is 319 g/mol. The third-order valence-corrected chi connectivity index (χ3v) is 4.41. The van der Waals surface area contributed by atoms with Crippen LogP contribution in [0, 0.1) is 0 Å². The second-order valence-corrected chi connectivity index (χ2v) is 6.64. The topological polar surface area (TPSA) is 59.9 Å². The van der Waals surface area contributed by atoms with Gasteiger partial charge in [0, 0.05) is 11.8 Å². The summed E-state index contributed by atoms with van der Waals surface area (Å²) in [5.41, 5.74) is 0.857. The third-order valence-electron chi connectivity index (χ3n) is 1.93. The summed E-state index contributed by atoms with van der Waals surface area (Å²) in [5, 5.41) is 0.756. The van der Waals surface area contributed by atoms with E-state index in [9.17, 15) is 8.42 Å². The van der Waals surface area contributed by atoms with E-state index in [1.54, 1.807) is 24.3 Å². The van der Waals surface area contributed by atoms with Gasteiger partial charge in [0.15, 0.2) is 9.84 Å². The molecule has 0 atom stereocenters. The van der Waals surface area contributed by atoms with Crippen LogP contribution < -0.4 is 0 Å². The van der Waals surface area contributed by atoms with Crippen LogP contribution in [-0.2, 0) is 9.84 Å². The Balaban J connectivity index is 2.40. The van der Waals surface area contributed by atoms with Crippen molar-refractivity contribution in [2.75, 3.05) is 6.26 Å². The summed E-state index contributed by atoms with van der Waals surface area (Å²) in [5.74, 6) is 0. The van der Waals surface area contributed by atoms with Crippen LogP contribution in [0.25, 0.3) is 10.6 Å². The largest absolute Gasteiger partial charge is 0.224 e. The van der Waals surface area contributed by atoms with Gasteiger partial charge in [-0.05, 0) is 39.6 Å². The van der Waals surface area contributed by atoms with Gasteiger partial charge in [-0.1, -0.05) is 12.1 Å². The number of aromatic nitrogens is 2. The number of nitrogens with zero attached hydrogens (tertiary/aromatic N) is 2. The number of hydrogen-bond donors (Lipinski definition) is 0. The molecule has 0 spiro atoms. The summed E-state index contributed by atoms with van der Waals surface area (Å²) < 4.78 is 27.0. The van der Waals surface area contributed by atoms with Crippen molar-refractivity contribution < 1.29 is 8.42 Å². The van der Waals surface area contributed by atoms with Gasteiger partial charge in [-0.2, -0.15) is 4.37 Å². The van der Waals surface area contributed by atoms with Crippen LogP contribution in [0.2, 0.25) is 0 Å². The summed E-state index contributed by atoms with van der Waals surface area (Å²) in [6.07, 6.45) is 1.18. The van der Waals surface area contributed by atoms with Crippen molar-refractivity contribution in [3.05, 3.63) is 29.0 Å². The highest BCUT2D eigenvalue weighted by Crippen LogP contribution is 2.24. The highest BCUT2D eigenvalue weighted by molar-refractivity contribution is 9.10. The van der Waals surface area contributed by atoms with Crippen molar-refractivity contribution in [2.24, 2.45) is 0 Å². The predicted molar refractivity (Wildman–Crippen MR) is 66.2 cm³/mol. The fourth-order valence-corrected chi connectivity index (χ4v) is 2.88. The zero-order chi connectivity index (χ0) is 11.8. The maximum Gasteiger partial charge on any atom is 0.209 e. The molecule has 0 N–H and O–H groups in total. The Hall–Kier alpha value is -0.790. The Kier molecular flexibility index (Phi) is 3.09. The monoisotopic (exact) mass is 318 g/mol. The Morgan fingerprint density at radius 3 is 2.31 bits per heavy atom. The smallest absolute Gasteiger partial charge is 0.209 e. The Morgan fingerprint density at radius 1 is 1.25 bits per heavy atom. The highest BCUT2D eigenvalue weighted by atomic mass is 79.9. The quantitative estimate of drug-likeness (QED) is 0.853. The minimum absolute atomic E-state index is 0.305. The van der Waals surface area contributed by atoms with Gasteiger partial charge < -0.3 is 0 Å². The first-order valence-corrected chi connectivity index (χ1v) is 7.72. The molecule has 1 heterocycles. The molecule has 7 heteroatoms. The maximum absolute atomic E-state index is 11.3. The number of rotatable bonds is 2.